The molecule has 0 fully saturated rings. The predicted molar refractivity (Wildman–Crippen MR) is 103 cm³/mol. The molecule has 26 heavy (non-hydrogen) atoms. The molecule has 0 spiro atoms. The first-order valence-corrected chi connectivity index (χ1v) is 10.5. The van der Waals surface area contributed by atoms with Crippen molar-refractivity contribution in [3.05, 3.63) is 29.8 Å². The van der Waals surface area contributed by atoms with Crippen LogP contribution in [0.25, 0.3) is 0 Å². The Morgan fingerprint density at radius 3 is 2.00 bits per heavy atom. The van der Waals surface area contributed by atoms with E-state index in [-0.39, 0.29) is 34.3 Å². The molecular weight excluding hydrogens is 352 g/mol. The first kappa shape index (κ1) is 22.2. The van der Waals surface area contributed by atoms with Gasteiger partial charge in [0.1, 0.15) is 0 Å². The standard InChI is InChI=1S/C19H30N2O4S/c1-15(22)20-12-5-6-13-21-18(23)11-14-26(24,25)17-9-7-16(8-10-17)19(2,3)4/h7-10H,5-6,11-14H2,1-4H3,(H,20,22)(H,21,23). The van der Waals surface area contributed by atoms with Crippen molar-refractivity contribution in [3.63, 3.8) is 0 Å². The van der Waals surface area contributed by atoms with Gasteiger partial charge in [-0.15, -0.1) is 0 Å². The van der Waals surface area contributed by atoms with Gasteiger partial charge in [0.15, 0.2) is 9.84 Å². The van der Waals surface area contributed by atoms with Crippen molar-refractivity contribution < 1.29 is 18.0 Å². The predicted octanol–water partition coefficient (Wildman–Crippen LogP) is 2.18. The summed E-state index contributed by atoms with van der Waals surface area (Å²) in [4.78, 5) is 22.8. The summed E-state index contributed by atoms with van der Waals surface area (Å²) >= 11 is 0. The van der Waals surface area contributed by atoms with Crippen LogP contribution in [-0.2, 0) is 24.8 Å². The molecule has 1 rings (SSSR count). The molecule has 0 aliphatic rings. The molecule has 0 bridgehead atoms. The number of sulfone groups is 1. The molecule has 0 atom stereocenters. The summed E-state index contributed by atoms with van der Waals surface area (Å²) < 4.78 is 24.7. The highest BCUT2D eigenvalue weighted by Gasteiger charge is 2.18. The highest BCUT2D eigenvalue weighted by atomic mass is 32.2. The molecule has 0 unspecified atom stereocenters. The normalized spacial score (nSPS) is 11.8. The van der Waals surface area contributed by atoms with Crippen LogP contribution in [0.4, 0.5) is 0 Å². The van der Waals surface area contributed by atoms with E-state index < -0.39 is 9.84 Å². The molecule has 0 aliphatic carbocycles. The van der Waals surface area contributed by atoms with Gasteiger partial charge in [-0.1, -0.05) is 32.9 Å². The van der Waals surface area contributed by atoms with Crippen molar-refractivity contribution in [1.29, 1.82) is 0 Å². The largest absolute Gasteiger partial charge is 0.356 e. The smallest absolute Gasteiger partial charge is 0.221 e. The second-order valence-electron chi connectivity index (χ2n) is 7.38. The zero-order valence-electron chi connectivity index (χ0n) is 16.1. The Morgan fingerprint density at radius 2 is 1.50 bits per heavy atom. The van der Waals surface area contributed by atoms with Crippen molar-refractivity contribution in [3.8, 4) is 0 Å². The lowest BCUT2D eigenvalue weighted by atomic mass is 9.87. The van der Waals surface area contributed by atoms with Gasteiger partial charge in [0.25, 0.3) is 0 Å². The number of unbranched alkanes of at least 4 members (excludes halogenated alkanes) is 1. The van der Waals surface area contributed by atoms with E-state index in [4.69, 9.17) is 0 Å². The summed E-state index contributed by atoms with van der Waals surface area (Å²) in [5.41, 5.74) is 1.02. The van der Waals surface area contributed by atoms with Crippen LogP contribution in [0.1, 0.15) is 52.5 Å². The van der Waals surface area contributed by atoms with Gasteiger partial charge in [-0.2, -0.15) is 0 Å². The van der Waals surface area contributed by atoms with Crippen LogP contribution in [0.5, 0.6) is 0 Å². The number of rotatable bonds is 9. The molecule has 7 heteroatoms. The minimum atomic E-state index is -3.47. The van der Waals surface area contributed by atoms with Crippen LogP contribution in [0, 0.1) is 0 Å². The quantitative estimate of drug-likeness (QED) is 0.640. The fraction of sp³-hybridized carbons (Fsp3) is 0.579. The SMILES string of the molecule is CC(=O)NCCCCNC(=O)CCS(=O)(=O)c1ccc(C(C)(C)C)cc1. The van der Waals surface area contributed by atoms with Crippen molar-refractivity contribution in [2.24, 2.45) is 0 Å². The zero-order chi connectivity index (χ0) is 19.8. The molecule has 2 amide bonds. The van der Waals surface area contributed by atoms with Gasteiger partial charge < -0.3 is 10.6 Å². The van der Waals surface area contributed by atoms with Gasteiger partial charge in [-0.05, 0) is 36.0 Å². The first-order chi connectivity index (χ1) is 12.0. The summed E-state index contributed by atoms with van der Waals surface area (Å²) in [6.45, 7) is 8.70. The Labute approximate surface area is 156 Å². The van der Waals surface area contributed by atoms with Gasteiger partial charge in [0.05, 0.1) is 10.6 Å². The highest BCUT2D eigenvalue weighted by Crippen LogP contribution is 2.23. The Kier molecular flexibility index (Phi) is 8.27. The van der Waals surface area contributed by atoms with Crippen LogP contribution in [0.2, 0.25) is 0 Å². The third kappa shape index (κ3) is 7.99. The van der Waals surface area contributed by atoms with E-state index in [1.54, 1.807) is 12.1 Å². The van der Waals surface area contributed by atoms with Gasteiger partial charge in [0.2, 0.25) is 11.8 Å². The van der Waals surface area contributed by atoms with Gasteiger partial charge >= 0.3 is 0 Å². The maximum atomic E-state index is 12.4. The van der Waals surface area contributed by atoms with E-state index >= 15 is 0 Å². The average molecular weight is 383 g/mol. The molecule has 0 aliphatic heterocycles. The summed E-state index contributed by atoms with van der Waals surface area (Å²) in [6, 6.07) is 6.86. The second-order valence-corrected chi connectivity index (χ2v) is 9.49. The summed E-state index contributed by atoms with van der Waals surface area (Å²) in [5.74, 6) is -0.561. The molecule has 1 aromatic carbocycles. The Balaban J connectivity index is 2.40. The van der Waals surface area contributed by atoms with Crippen LogP contribution in [0.15, 0.2) is 29.2 Å². The summed E-state index contributed by atoms with van der Waals surface area (Å²) in [7, 11) is -3.47. The molecule has 0 saturated heterocycles. The molecular formula is C19H30N2O4S. The van der Waals surface area contributed by atoms with E-state index in [0.717, 1.165) is 18.4 Å². The maximum Gasteiger partial charge on any atom is 0.221 e. The number of amides is 2. The molecule has 0 heterocycles. The minimum absolute atomic E-state index is 0.0396. The lowest BCUT2D eigenvalue weighted by molar-refractivity contribution is -0.121. The Morgan fingerprint density at radius 1 is 0.962 bits per heavy atom. The molecule has 0 aromatic heterocycles. The van der Waals surface area contributed by atoms with Gasteiger partial charge in [0, 0.05) is 26.4 Å². The highest BCUT2D eigenvalue weighted by molar-refractivity contribution is 7.91. The third-order valence-electron chi connectivity index (χ3n) is 3.98. The summed E-state index contributed by atoms with van der Waals surface area (Å²) in [6.07, 6.45) is 1.43. The van der Waals surface area contributed by atoms with E-state index in [0.29, 0.717) is 13.1 Å². The molecule has 6 nitrogen and oxygen atoms in total. The zero-order valence-corrected chi connectivity index (χ0v) is 16.9. The number of hydrogen-bond donors (Lipinski definition) is 2. The third-order valence-corrected chi connectivity index (χ3v) is 5.71. The summed E-state index contributed by atoms with van der Waals surface area (Å²) in [5, 5.41) is 5.39. The van der Waals surface area contributed by atoms with Crippen LogP contribution in [0.3, 0.4) is 0 Å². The Bertz CT molecular complexity index is 704. The van der Waals surface area contributed by atoms with Crippen LogP contribution >= 0.6 is 0 Å². The number of hydrogen-bond acceptors (Lipinski definition) is 4. The van der Waals surface area contributed by atoms with Crippen molar-refractivity contribution in [2.75, 3.05) is 18.8 Å². The second kappa shape index (κ2) is 9.71. The molecule has 0 saturated carbocycles. The number of carbonyl (C=O) groups is 2. The van der Waals surface area contributed by atoms with Gasteiger partial charge in [-0.25, -0.2) is 8.42 Å². The van der Waals surface area contributed by atoms with Crippen LogP contribution < -0.4 is 10.6 Å². The molecule has 2 N–H and O–H groups in total. The number of nitrogens with one attached hydrogen (secondary N) is 2. The van der Waals surface area contributed by atoms with Crippen molar-refractivity contribution in [2.45, 2.75) is 57.3 Å². The topological polar surface area (TPSA) is 92.3 Å². The minimum Gasteiger partial charge on any atom is -0.356 e. The van der Waals surface area contributed by atoms with Gasteiger partial charge in [-0.3, -0.25) is 9.59 Å². The molecule has 1 aromatic rings. The number of benzene rings is 1. The van der Waals surface area contributed by atoms with E-state index in [1.807, 2.05) is 12.1 Å². The maximum absolute atomic E-state index is 12.4. The first-order valence-electron chi connectivity index (χ1n) is 8.87. The average Bonchev–Trinajstić information content (AvgIpc) is 2.55. The lowest BCUT2D eigenvalue weighted by Gasteiger charge is -2.19. The monoisotopic (exact) mass is 382 g/mol. The fourth-order valence-electron chi connectivity index (χ4n) is 2.34. The fourth-order valence-corrected chi connectivity index (χ4v) is 3.58. The molecule has 146 valence electrons. The Hall–Kier alpha value is -1.89. The molecule has 0 radical (unpaired) electrons. The number of carbonyl (C=O) groups excluding carboxylic acids is 2. The van der Waals surface area contributed by atoms with E-state index in [1.165, 1.54) is 6.92 Å². The lowest BCUT2D eigenvalue weighted by Crippen LogP contribution is -2.27. The van der Waals surface area contributed by atoms with Crippen molar-refractivity contribution >= 4 is 21.7 Å². The van der Waals surface area contributed by atoms with E-state index in [2.05, 4.69) is 31.4 Å². The van der Waals surface area contributed by atoms with E-state index in [9.17, 15) is 18.0 Å². The van der Waals surface area contributed by atoms with Crippen molar-refractivity contribution in [1.82, 2.24) is 10.6 Å². The van der Waals surface area contributed by atoms with Crippen LogP contribution in [-0.4, -0.2) is 39.1 Å².